The number of rotatable bonds is 2. The topological polar surface area (TPSA) is 26.3 Å². The molecule has 1 aliphatic rings. The number of carbonyl (C=O) groups excluding carboxylic acids is 1. The van der Waals surface area contributed by atoms with Gasteiger partial charge in [-0.25, -0.2) is 0 Å². The summed E-state index contributed by atoms with van der Waals surface area (Å²) in [6.07, 6.45) is 1.03. The summed E-state index contributed by atoms with van der Waals surface area (Å²) in [5.74, 6) is 0.791. The summed E-state index contributed by atoms with van der Waals surface area (Å²) < 4.78 is 4.80. The molecule has 0 radical (unpaired) electrons. The zero-order valence-corrected chi connectivity index (χ0v) is 5.89. The van der Waals surface area contributed by atoms with E-state index in [9.17, 15) is 4.79 Å². The molecule has 1 rings (SSSR count). The molecule has 0 heterocycles. The molecule has 0 aromatic carbocycles. The SMILES string of the molecule is CCOC(=O)C1C[C@@H]1C. The lowest BCUT2D eigenvalue weighted by Crippen LogP contribution is -2.06. The maximum atomic E-state index is 10.8. The van der Waals surface area contributed by atoms with Crippen LogP contribution in [0.25, 0.3) is 0 Å². The van der Waals surface area contributed by atoms with Gasteiger partial charge in [0, 0.05) is 0 Å². The molecule has 0 saturated heterocycles. The lowest BCUT2D eigenvalue weighted by molar-refractivity contribution is -0.144. The van der Waals surface area contributed by atoms with E-state index in [2.05, 4.69) is 6.92 Å². The minimum absolute atomic E-state index is 0.00926. The van der Waals surface area contributed by atoms with Crippen LogP contribution < -0.4 is 0 Å². The zero-order valence-electron chi connectivity index (χ0n) is 5.89. The minimum atomic E-state index is -0.00926. The van der Waals surface area contributed by atoms with Gasteiger partial charge in [0.05, 0.1) is 12.5 Å². The van der Waals surface area contributed by atoms with Crippen molar-refractivity contribution in [1.82, 2.24) is 0 Å². The molecule has 0 amide bonds. The van der Waals surface area contributed by atoms with Crippen molar-refractivity contribution in [2.24, 2.45) is 11.8 Å². The molecular weight excluding hydrogens is 116 g/mol. The number of ether oxygens (including phenoxy) is 1. The summed E-state index contributed by atoms with van der Waals surface area (Å²) in [6.45, 7) is 4.43. The van der Waals surface area contributed by atoms with Crippen molar-refractivity contribution < 1.29 is 9.53 Å². The lowest BCUT2D eigenvalue weighted by Gasteiger charge is -1.96. The van der Waals surface area contributed by atoms with E-state index < -0.39 is 0 Å². The van der Waals surface area contributed by atoms with Gasteiger partial charge >= 0.3 is 5.97 Å². The molecule has 0 aliphatic heterocycles. The first-order valence-corrected chi connectivity index (χ1v) is 3.42. The van der Waals surface area contributed by atoms with Crippen LogP contribution in [0.4, 0.5) is 0 Å². The quantitative estimate of drug-likeness (QED) is 0.522. The molecule has 1 aliphatic carbocycles. The second-order valence-electron chi connectivity index (χ2n) is 2.57. The van der Waals surface area contributed by atoms with Gasteiger partial charge in [-0.3, -0.25) is 4.79 Å². The van der Waals surface area contributed by atoms with Gasteiger partial charge in [0.15, 0.2) is 0 Å². The highest BCUT2D eigenvalue weighted by atomic mass is 16.5. The molecule has 0 aromatic heterocycles. The third-order valence-electron chi connectivity index (χ3n) is 1.70. The largest absolute Gasteiger partial charge is 0.466 e. The van der Waals surface area contributed by atoms with Crippen molar-refractivity contribution in [2.75, 3.05) is 6.61 Å². The fourth-order valence-electron chi connectivity index (χ4n) is 0.900. The van der Waals surface area contributed by atoms with Crippen LogP contribution >= 0.6 is 0 Å². The van der Waals surface area contributed by atoms with Gasteiger partial charge in [-0.05, 0) is 19.3 Å². The van der Waals surface area contributed by atoms with Crippen molar-refractivity contribution in [1.29, 1.82) is 0 Å². The van der Waals surface area contributed by atoms with E-state index >= 15 is 0 Å². The molecular formula is C7H12O2. The third kappa shape index (κ3) is 1.44. The molecule has 1 unspecified atom stereocenters. The Bertz CT molecular complexity index is 120. The van der Waals surface area contributed by atoms with E-state index in [0.717, 1.165) is 6.42 Å². The van der Waals surface area contributed by atoms with Crippen molar-refractivity contribution in [3.8, 4) is 0 Å². The second-order valence-corrected chi connectivity index (χ2v) is 2.57. The van der Waals surface area contributed by atoms with E-state index in [1.54, 1.807) is 0 Å². The average molecular weight is 128 g/mol. The number of hydrogen-bond acceptors (Lipinski definition) is 2. The van der Waals surface area contributed by atoms with E-state index in [-0.39, 0.29) is 11.9 Å². The monoisotopic (exact) mass is 128 g/mol. The highest BCUT2D eigenvalue weighted by molar-refractivity contribution is 5.75. The van der Waals surface area contributed by atoms with Crippen molar-refractivity contribution >= 4 is 5.97 Å². The van der Waals surface area contributed by atoms with Gasteiger partial charge in [0.1, 0.15) is 0 Å². The first-order chi connectivity index (χ1) is 4.25. The van der Waals surface area contributed by atoms with Crippen LogP contribution in [0.2, 0.25) is 0 Å². The predicted molar refractivity (Wildman–Crippen MR) is 33.9 cm³/mol. The van der Waals surface area contributed by atoms with Crippen LogP contribution in [0, 0.1) is 11.8 Å². The average Bonchev–Trinajstić information content (AvgIpc) is 2.47. The predicted octanol–water partition coefficient (Wildman–Crippen LogP) is 1.21. The third-order valence-corrected chi connectivity index (χ3v) is 1.70. The Balaban J connectivity index is 2.20. The summed E-state index contributed by atoms with van der Waals surface area (Å²) >= 11 is 0. The maximum Gasteiger partial charge on any atom is 0.309 e. The van der Waals surface area contributed by atoms with Crippen LogP contribution in [0.1, 0.15) is 20.3 Å². The van der Waals surface area contributed by atoms with Crippen LogP contribution in [0.5, 0.6) is 0 Å². The van der Waals surface area contributed by atoms with Crippen molar-refractivity contribution in [3.63, 3.8) is 0 Å². The molecule has 9 heavy (non-hydrogen) atoms. The number of esters is 1. The standard InChI is InChI=1S/C7H12O2/c1-3-9-7(8)6-4-5(6)2/h5-6H,3-4H2,1-2H3/t5-,6?/m0/s1. The molecule has 2 nitrogen and oxygen atoms in total. The van der Waals surface area contributed by atoms with Gasteiger partial charge < -0.3 is 4.74 Å². The molecule has 52 valence electrons. The van der Waals surface area contributed by atoms with Crippen LogP contribution in [0.15, 0.2) is 0 Å². The fourth-order valence-corrected chi connectivity index (χ4v) is 0.900. The van der Waals surface area contributed by atoms with E-state index in [1.807, 2.05) is 6.92 Å². The molecule has 0 aromatic rings. The zero-order chi connectivity index (χ0) is 6.85. The molecule has 0 bridgehead atoms. The summed E-state index contributed by atoms with van der Waals surface area (Å²) in [4.78, 5) is 10.8. The van der Waals surface area contributed by atoms with Gasteiger partial charge in [0.25, 0.3) is 0 Å². The minimum Gasteiger partial charge on any atom is -0.466 e. The molecule has 1 fully saturated rings. The Morgan fingerprint density at radius 2 is 2.33 bits per heavy atom. The first kappa shape index (κ1) is 6.59. The van der Waals surface area contributed by atoms with E-state index in [1.165, 1.54) is 0 Å². The second kappa shape index (κ2) is 2.38. The fraction of sp³-hybridized carbons (Fsp3) is 0.857. The molecule has 2 atom stereocenters. The van der Waals surface area contributed by atoms with Gasteiger partial charge in [-0.15, -0.1) is 0 Å². The lowest BCUT2D eigenvalue weighted by atomic mass is 10.3. The Morgan fingerprint density at radius 3 is 2.67 bits per heavy atom. The van der Waals surface area contributed by atoms with Gasteiger partial charge in [0.2, 0.25) is 0 Å². The molecule has 0 N–H and O–H groups in total. The van der Waals surface area contributed by atoms with Gasteiger partial charge in [-0.1, -0.05) is 6.92 Å². The van der Waals surface area contributed by atoms with Crippen LogP contribution in [-0.2, 0) is 9.53 Å². The summed E-state index contributed by atoms with van der Waals surface area (Å²) in [5.41, 5.74) is 0. The van der Waals surface area contributed by atoms with E-state index in [0.29, 0.717) is 12.5 Å². The Morgan fingerprint density at radius 1 is 1.78 bits per heavy atom. The molecule has 0 spiro atoms. The first-order valence-electron chi connectivity index (χ1n) is 3.42. The Hall–Kier alpha value is -0.530. The molecule has 2 heteroatoms. The van der Waals surface area contributed by atoms with E-state index in [4.69, 9.17) is 4.74 Å². The Kier molecular flexibility index (Phi) is 1.74. The smallest absolute Gasteiger partial charge is 0.309 e. The number of hydrogen-bond donors (Lipinski definition) is 0. The normalized spacial score (nSPS) is 31.8. The Labute approximate surface area is 55.2 Å². The van der Waals surface area contributed by atoms with Crippen LogP contribution in [0.3, 0.4) is 0 Å². The number of carbonyl (C=O) groups is 1. The molecule has 1 saturated carbocycles. The summed E-state index contributed by atoms with van der Waals surface area (Å²) in [6, 6.07) is 0. The van der Waals surface area contributed by atoms with Crippen molar-refractivity contribution in [3.05, 3.63) is 0 Å². The highest BCUT2D eigenvalue weighted by Gasteiger charge is 2.40. The summed E-state index contributed by atoms with van der Waals surface area (Å²) in [5, 5.41) is 0. The maximum absolute atomic E-state index is 10.8. The highest BCUT2D eigenvalue weighted by Crippen LogP contribution is 2.38. The van der Waals surface area contributed by atoms with Gasteiger partial charge in [-0.2, -0.15) is 0 Å². The summed E-state index contributed by atoms with van der Waals surface area (Å²) in [7, 11) is 0. The van der Waals surface area contributed by atoms with Crippen molar-refractivity contribution in [2.45, 2.75) is 20.3 Å². The van der Waals surface area contributed by atoms with Crippen LogP contribution in [-0.4, -0.2) is 12.6 Å².